The molecule has 4 N–H and O–H groups in total. The number of aromatic amines is 1. The van der Waals surface area contributed by atoms with Crippen LogP contribution in [-0.4, -0.2) is 30.0 Å². The highest BCUT2D eigenvalue weighted by Crippen LogP contribution is 2.35. The van der Waals surface area contributed by atoms with Gasteiger partial charge in [-0.2, -0.15) is 0 Å². The number of benzene rings is 2. The van der Waals surface area contributed by atoms with E-state index in [2.05, 4.69) is 45.2 Å². The minimum absolute atomic E-state index is 0. The van der Waals surface area contributed by atoms with Crippen molar-refractivity contribution in [3.05, 3.63) is 52.5 Å². The Kier molecular flexibility index (Phi) is 6.64. The first kappa shape index (κ1) is 21.8. The largest absolute Gasteiger partial charge is 0.382 e. The number of halogens is 3. The van der Waals surface area contributed by atoms with Gasteiger partial charge in [-0.25, -0.2) is 0 Å². The summed E-state index contributed by atoms with van der Waals surface area (Å²) in [7, 11) is 0. The van der Waals surface area contributed by atoms with Crippen LogP contribution in [0.15, 0.2) is 36.4 Å². The third-order valence-corrected chi connectivity index (χ3v) is 5.88. The molecule has 0 unspecified atom stereocenters. The SMILES string of the molecule is Cl.Cl.O=C1NCc2c(Cl)ccc(-c3cc4cc(NC5CCNCC5)ccc4[nH]3)c21. The first-order chi connectivity index (χ1) is 13.2. The van der Waals surface area contributed by atoms with Gasteiger partial charge in [-0.15, -0.1) is 24.8 Å². The maximum absolute atomic E-state index is 12.3. The number of hydrogen-bond donors (Lipinski definition) is 4. The molecular formula is C21H23Cl3N4O. The van der Waals surface area contributed by atoms with Crippen molar-refractivity contribution < 1.29 is 4.79 Å². The van der Waals surface area contributed by atoms with Crippen LogP contribution in [0.25, 0.3) is 22.2 Å². The van der Waals surface area contributed by atoms with Gasteiger partial charge in [0.1, 0.15) is 0 Å². The first-order valence-electron chi connectivity index (χ1n) is 9.39. The molecule has 5 nitrogen and oxygen atoms in total. The summed E-state index contributed by atoms with van der Waals surface area (Å²) in [6.07, 6.45) is 2.28. The van der Waals surface area contributed by atoms with E-state index in [9.17, 15) is 4.79 Å². The molecule has 0 radical (unpaired) electrons. The van der Waals surface area contributed by atoms with Crippen molar-refractivity contribution in [2.45, 2.75) is 25.4 Å². The van der Waals surface area contributed by atoms with E-state index in [1.807, 2.05) is 12.1 Å². The van der Waals surface area contributed by atoms with Gasteiger partial charge < -0.3 is 20.9 Å². The van der Waals surface area contributed by atoms with Crippen molar-refractivity contribution in [3.8, 4) is 11.3 Å². The molecule has 8 heteroatoms. The number of aromatic nitrogens is 1. The normalized spacial score (nSPS) is 16.0. The van der Waals surface area contributed by atoms with Gasteiger partial charge in [-0.05, 0) is 56.3 Å². The quantitative estimate of drug-likeness (QED) is 0.463. The highest BCUT2D eigenvalue weighted by molar-refractivity contribution is 6.32. The molecule has 3 heterocycles. The fourth-order valence-corrected chi connectivity index (χ4v) is 4.33. The van der Waals surface area contributed by atoms with Gasteiger partial charge in [0.05, 0.1) is 5.56 Å². The molecule has 0 atom stereocenters. The van der Waals surface area contributed by atoms with E-state index in [1.54, 1.807) is 0 Å². The van der Waals surface area contributed by atoms with Crippen molar-refractivity contribution in [1.29, 1.82) is 0 Å². The lowest BCUT2D eigenvalue weighted by Crippen LogP contribution is -2.35. The van der Waals surface area contributed by atoms with E-state index in [4.69, 9.17) is 11.6 Å². The predicted molar refractivity (Wildman–Crippen MR) is 124 cm³/mol. The smallest absolute Gasteiger partial charge is 0.252 e. The van der Waals surface area contributed by atoms with Gasteiger partial charge in [0, 0.05) is 51.0 Å². The van der Waals surface area contributed by atoms with Crippen molar-refractivity contribution in [3.63, 3.8) is 0 Å². The van der Waals surface area contributed by atoms with E-state index in [1.165, 1.54) is 0 Å². The van der Waals surface area contributed by atoms with E-state index in [-0.39, 0.29) is 30.7 Å². The molecule has 0 spiro atoms. The molecule has 1 saturated heterocycles. The summed E-state index contributed by atoms with van der Waals surface area (Å²) in [6, 6.07) is 12.8. The zero-order valence-corrected chi connectivity index (χ0v) is 18.1. The minimum atomic E-state index is -0.0607. The molecule has 2 aliphatic heterocycles. The molecule has 154 valence electrons. The lowest BCUT2D eigenvalue weighted by Gasteiger charge is -2.24. The van der Waals surface area contributed by atoms with Crippen molar-refractivity contribution in [1.82, 2.24) is 15.6 Å². The lowest BCUT2D eigenvalue weighted by atomic mass is 10.0. The van der Waals surface area contributed by atoms with E-state index < -0.39 is 0 Å². The summed E-state index contributed by atoms with van der Waals surface area (Å²) in [5, 5.41) is 11.7. The number of amides is 1. The van der Waals surface area contributed by atoms with Gasteiger partial charge >= 0.3 is 0 Å². The topological polar surface area (TPSA) is 69.0 Å². The summed E-state index contributed by atoms with van der Waals surface area (Å²) >= 11 is 6.27. The molecule has 3 aromatic rings. The van der Waals surface area contributed by atoms with Crippen LogP contribution >= 0.6 is 36.4 Å². The Morgan fingerprint density at radius 3 is 2.62 bits per heavy atom. The molecule has 0 aliphatic carbocycles. The van der Waals surface area contributed by atoms with Crippen LogP contribution < -0.4 is 16.0 Å². The molecule has 1 amide bonds. The zero-order chi connectivity index (χ0) is 18.4. The Morgan fingerprint density at radius 1 is 1.03 bits per heavy atom. The van der Waals surface area contributed by atoms with Crippen LogP contribution in [0.2, 0.25) is 5.02 Å². The zero-order valence-electron chi connectivity index (χ0n) is 15.7. The third-order valence-electron chi connectivity index (χ3n) is 5.53. The number of fused-ring (bicyclic) bond motifs is 2. The van der Waals surface area contributed by atoms with Crippen LogP contribution in [0.5, 0.6) is 0 Å². The predicted octanol–water partition coefficient (Wildman–Crippen LogP) is 4.74. The molecule has 1 fully saturated rings. The number of carbonyl (C=O) groups is 1. The van der Waals surface area contributed by atoms with Crippen LogP contribution in [0.3, 0.4) is 0 Å². The van der Waals surface area contributed by atoms with Crippen LogP contribution in [0.1, 0.15) is 28.8 Å². The molecule has 2 aromatic carbocycles. The maximum atomic E-state index is 12.3. The summed E-state index contributed by atoms with van der Waals surface area (Å²) in [6.45, 7) is 2.63. The Hall–Kier alpha value is -1.92. The summed E-state index contributed by atoms with van der Waals surface area (Å²) in [5.74, 6) is -0.0607. The van der Waals surface area contributed by atoms with Crippen LogP contribution in [0, 0.1) is 0 Å². The molecular weight excluding hydrogens is 431 g/mol. The number of piperidine rings is 1. The Balaban J connectivity index is 0.00000120. The number of nitrogens with one attached hydrogen (secondary N) is 4. The van der Waals surface area contributed by atoms with Crippen molar-refractivity contribution in [2.24, 2.45) is 0 Å². The van der Waals surface area contributed by atoms with Crippen LogP contribution in [-0.2, 0) is 6.54 Å². The fraction of sp³-hybridized carbons (Fsp3) is 0.286. The van der Waals surface area contributed by atoms with Gasteiger partial charge in [0.25, 0.3) is 5.91 Å². The summed E-state index contributed by atoms with van der Waals surface area (Å²) in [4.78, 5) is 15.8. The summed E-state index contributed by atoms with van der Waals surface area (Å²) < 4.78 is 0. The highest BCUT2D eigenvalue weighted by Gasteiger charge is 2.26. The molecule has 5 rings (SSSR count). The van der Waals surface area contributed by atoms with E-state index in [0.29, 0.717) is 23.2 Å². The lowest BCUT2D eigenvalue weighted by molar-refractivity contribution is 0.0966. The Labute approximate surface area is 186 Å². The fourth-order valence-electron chi connectivity index (χ4n) is 4.11. The average Bonchev–Trinajstić information content (AvgIpc) is 3.27. The van der Waals surface area contributed by atoms with Crippen LogP contribution in [0.4, 0.5) is 5.69 Å². The highest BCUT2D eigenvalue weighted by atomic mass is 35.5. The molecule has 1 aromatic heterocycles. The molecule has 0 saturated carbocycles. The minimum Gasteiger partial charge on any atom is -0.382 e. The standard InChI is InChI=1S/C21H21ClN4O.2ClH/c22-17-3-2-15(20-16(17)11-24-21(20)27)19-10-12-9-14(1-4-18(12)26-19)25-13-5-7-23-8-6-13;;/h1-4,9-10,13,23,25-26H,5-8,11H2,(H,24,27);2*1H. The van der Waals surface area contributed by atoms with Gasteiger partial charge in [0.2, 0.25) is 0 Å². The first-order valence-corrected chi connectivity index (χ1v) is 9.77. The molecule has 2 aliphatic rings. The number of hydrogen-bond acceptors (Lipinski definition) is 3. The number of H-pyrrole nitrogens is 1. The maximum Gasteiger partial charge on any atom is 0.252 e. The Bertz CT molecular complexity index is 1040. The number of carbonyl (C=O) groups excluding carboxylic acids is 1. The molecule has 0 bridgehead atoms. The summed E-state index contributed by atoms with van der Waals surface area (Å²) in [5.41, 5.74) is 5.60. The van der Waals surface area contributed by atoms with E-state index >= 15 is 0 Å². The monoisotopic (exact) mass is 452 g/mol. The molecule has 29 heavy (non-hydrogen) atoms. The second-order valence-corrected chi connectivity index (χ2v) is 7.69. The number of rotatable bonds is 3. The Morgan fingerprint density at radius 2 is 1.83 bits per heavy atom. The average molecular weight is 454 g/mol. The second-order valence-electron chi connectivity index (χ2n) is 7.28. The van der Waals surface area contributed by atoms with Gasteiger partial charge in [0.15, 0.2) is 0 Å². The van der Waals surface area contributed by atoms with Crippen molar-refractivity contribution in [2.75, 3.05) is 18.4 Å². The van der Waals surface area contributed by atoms with Gasteiger partial charge in [-0.1, -0.05) is 17.7 Å². The third kappa shape index (κ3) is 4.05. The van der Waals surface area contributed by atoms with Gasteiger partial charge in [-0.3, -0.25) is 4.79 Å². The number of anilines is 1. The van der Waals surface area contributed by atoms with Crippen molar-refractivity contribution >= 4 is 58.9 Å². The van der Waals surface area contributed by atoms with E-state index in [0.717, 1.165) is 59.3 Å². The second kappa shape index (κ2) is 8.84.